The highest BCUT2D eigenvalue weighted by Gasteiger charge is 2.32. The van der Waals surface area contributed by atoms with Gasteiger partial charge in [-0.3, -0.25) is 0 Å². The van der Waals surface area contributed by atoms with Crippen molar-refractivity contribution in [3.8, 4) is 0 Å². The van der Waals surface area contributed by atoms with Crippen LogP contribution in [0.25, 0.3) is 0 Å². The highest BCUT2D eigenvalue weighted by molar-refractivity contribution is 5.34. The predicted molar refractivity (Wildman–Crippen MR) is 74.2 cm³/mol. The van der Waals surface area contributed by atoms with Gasteiger partial charge in [0.05, 0.1) is 5.56 Å². The summed E-state index contributed by atoms with van der Waals surface area (Å²) in [5.74, 6) is 1.13. The number of hydrogen-bond donors (Lipinski definition) is 1. The van der Waals surface area contributed by atoms with Crippen molar-refractivity contribution in [2.75, 3.05) is 0 Å². The SMILES string of the molecule is Cc1cc(C(F)(F)F)ccc1C(N)C1CCC(C)CC1. The van der Waals surface area contributed by atoms with Gasteiger partial charge in [0.1, 0.15) is 0 Å². The molecular formula is C16H22F3N. The fraction of sp³-hybridized carbons (Fsp3) is 0.625. The molecule has 1 fully saturated rings. The van der Waals surface area contributed by atoms with E-state index in [0.29, 0.717) is 11.5 Å². The number of alkyl halides is 3. The largest absolute Gasteiger partial charge is 0.416 e. The van der Waals surface area contributed by atoms with Crippen LogP contribution in [0.15, 0.2) is 18.2 Å². The number of aryl methyl sites for hydroxylation is 1. The van der Waals surface area contributed by atoms with Crippen molar-refractivity contribution in [2.24, 2.45) is 17.6 Å². The Bertz CT molecular complexity index is 459. The summed E-state index contributed by atoms with van der Waals surface area (Å²) in [6.45, 7) is 3.96. The molecule has 1 nitrogen and oxygen atoms in total. The van der Waals surface area contributed by atoms with E-state index in [-0.39, 0.29) is 6.04 Å². The molecule has 1 atom stereocenters. The van der Waals surface area contributed by atoms with E-state index in [1.165, 1.54) is 6.07 Å². The van der Waals surface area contributed by atoms with Crippen molar-refractivity contribution < 1.29 is 13.2 Å². The third kappa shape index (κ3) is 3.35. The van der Waals surface area contributed by atoms with E-state index < -0.39 is 11.7 Å². The summed E-state index contributed by atoms with van der Waals surface area (Å²) in [7, 11) is 0. The first-order valence-electron chi connectivity index (χ1n) is 7.22. The third-order valence-electron chi connectivity index (χ3n) is 4.52. The molecule has 0 bridgehead atoms. The van der Waals surface area contributed by atoms with Crippen LogP contribution in [0.3, 0.4) is 0 Å². The molecule has 1 aromatic rings. The van der Waals surface area contributed by atoms with Gasteiger partial charge in [0.15, 0.2) is 0 Å². The molecule has 0 radical (unpaired) electrons. The average Bonchev–Trinajstić information content (AvgIpc) is 2.37. The standard InChI is InChI=1S/C16H22F3N/c1-10-3-5-12(6-4-10)15(20)14-8-7-13(9-11(14)2)16(17,18)19/h7-10,12,15H,3-6,20H2,1-2H3. The molecule has 2 rings (SSSR count). The molecule has 1 aromatic carbocycles. The van der Waals surface area contributed by atoms with Gasteiger partial charge in [-0.15, -0.1) is 0 Å². The maximum atomic E-state index is 12.7. The summed E-state index contributed by atoms with van der Waals surface area (Å²) >= 11 is 0. The van der Waals surface area contributed by atoms with E-state index in [0.717, 1.165) is 43.2 Å². The maximum absolute atomic E-state index is 12.7. The van der Waals surface area contributed by atoms with Crippen molar-refractivity contribution in [3.63, 3.8) is 0 Å². The van der Waals surface area contributed by atoms with Crippen LogP contribution >= 0.6 is 0 Å². The Kier molecular flexibility index (Phi) is 4.43. The van der Waals surface area contributed by atoms with Gasteiger partial charge in [-0.2, -0.15) is 13.2 Å². The number of hydrogen-bond acceptors (Lipinski definition) is 1. The molecule has 1 aliphatic rings. The van der Waals surface area contributed by atoms with E-state index in [1.54, 1.807) is 13.0 Å². The second-order valence-electron chi connectivity index (χ2n) is 6.11. The lowest BCUT2D eigenvalue weighted by Gasteiger charge is -2.31. The van der Waals surface area contributed by atoms with Crippen molar-refractivity contribution in [2.45, 2.75) is 51.7 Å². The van der Waals surface area contributed by atoms with Gasteiger partial charge < -0.3 is 5.73 Å². The van der Waals surface area contributed by atoms with Crippen LogP contribution in [-0.2, 0) is 6.18 Å². The molecule has 1 unspecified atom stereocenters. The average molecular weight is 285 g/mol. The molecule has 20 heavy (non-hydrogen) atoms. The molecule has 0 heterocycles. The van der Waals surface area contributed by atoms with Crippen LogP contribution in [0, 0.1) is 18.8 Å². The number of halogens is 3. The van der Waals surface area contributed by atoms with Gasteiger partial charge in [-0.1, -0.05) is 25.8 Å². The number of nitrogens with two attached hydrogens (primary N) is 1. The molecule has 0 saturated heterocycles. The maximum Gasteiger partial charge on any atom is 0.416 e. The van der Waals surface area contributed by atoms with Crippen LogP contribution in [0.4, 0.5) is 13.2 Å². The molecule has 0 aliphatic heterocycles. The minimum atomic E-state index is -4.28. The molecule has 0 aromatic heterocycles. The first-order valence-corrected chi connectivity index (χ1v) is 7.22. The van der Waals surface area contributed by atoms with Crippen molar-refractivity contribution in [3.05, 3.63) is 34.9 Å². The van der Waals surface area contributed by atoms with Crippen LogP contribution < -0.4 is 5.73 Å². The van der Waals surface area contributed by atoms with E-state index in [2.05, 4.69) is 6.92 Å². The highest BCUT2D eigenvalue weighted by atomic mass is 19.4. The summed E-state index contributed by atoms with van der Waals surface area (Å²) in [6, 6.07) is 3.76. The lowest BCUT2D eigenvalue weighted by Crippen LogP contribution is -2.26. The third-order valence-corrected chi connectivity index (χ3v) is 4.52. The monoisotopic (exact) mass is 285 g/mol. The Balaban J connectivity index is 2.16. The topological polar surface area (TPSA) is 26.0 Å². The van der Waals surface area contributed by atoms with Crippen LogP contribution in [-0.4, -0.2) is 0 Å². The van der Waals surface area contributed by atoms with E-state index >= 15 is 0 Å². The zero-order valence-electron chi connectivity index (χ0n) is 12.0. The second kappa shape index (κ2) is 5.76. The second-order valence-corrected chi connectivity index (χ2v) is 6.11. The van der Waals surface area contributed by atoms with E-state index in [1.807, 2.05) is 0 Å². The zero-order valence-corrected chi connectivity index (χ0v) is 12.0. The van der Waals surface area contributed by atoms with Crippen molar-refractivity contribution in [1.29, 1.82) is 0 Å². The molecule has 4 heteroatoms. The Labute approximate surface area is 118 Å². The lowest BCUT2D eigenvalue weighted by molar-refractivity contribution is -0.137. The molecule has 112 valence electrons. The Hall–Kier alpha value is -1.03. The summed E-state index contributed by atoms with van der Waals surface area (Å²) in [4.78, 5) is 0. The summed E-state index contributed by atoms with van der Waals surface area (Å²) in [6.07, 6.45) is 0.190. The van der Waals surface area contributed by atoms with Gasteiger partial charge >= 0.3 is 6.18 Å². The highest BCUT2D eigenvalue weighted by Crippen LogP contribution is 2.37. The minimum absolute atomic E-state index is 0.148. The Morgan fingerprint density at radius 1 is 1.15 bits per heavy atom. The van der Waals surface area contributed by atoms with Crippen LogP contribution in [0.1, 0.15) is 55.3 Å². The summed E-state index contributed by atoms with van der Waals surface area (Å²) in [5.41, 5.74) is 7.20. The van der Waals surface area contributed by atoms with Gasteiger partial charge in [0.25, 0.3) is 0 Å². The van der Waals surface area contributed by atoms with Crippen molar-refractivity contribution in [1.82, 2.24) is 0 Å². The fourth-order valence-electron chi connectivity index (χ4n) is 3.12. The van der Waals surface area contributed by atoms with E-state index in [9.17, 15) is 13.2 Å². The first kappa shape index (κ1) is 15.4. The van der Waals surface area contributed by atoms with Crippen LogP contribution in [0.5, 0.6) is 0 Å². The molecule has 1 aliphatic carbocycles. The van der Waals surface area contributed by atoms with Gasteiger partial charge in [0.2, 0.25) is 0 Å². The molecule has 0 spiro atoms. The molecular weight excluding hydrogens is 263 g/mol. The molecule has 2 N–H and O–H groups in total. The minimum Gasteiger partial charge on any atom is -0.324 e. The number of rotatable bonds is 2. The van der Waals surface area contributed by atoms with Crippen LogP contribution in [0.2, 0.25) is 0 Å². The smallest absolute Gasteiger partial charge is 0.324 e. The lowest BCUT2D eigenvalue weighted by atomic mass is 9.77. The Morgan fingerprint density at radius 3 is 2.25 bits per heavy atom. The van der Waals surface area contributed by atoms with Gasteiger partial charge in [-0.25, -0.2) is 0 Å². The molecule has 1 saturated carbocycles. The first-order chi connectivity index (χ1) is 9.29. The predicted octanol–water partition coefficient (Wildman–Crippen LogP) is 4.84. The molecule has 0 amide bonds. The zero-order chi connectivity index (χ0) is 14.9. The van der Waals surface area contributed by atoms with E-state index in [4.69, 9.17) is 5.73 Å². The van der Waals surface area contributed by atoms with Gasteiger partial charge in [-0.05, 0) is 54.9 Å². The van der Waals surface area contributed by atoms with Gasteiger partial charge in [0, 0.05) is 6.04 Å². The Morgan fingerprint density at radius 2 is 1.75 bits per heavy atom. The fourth-order valence-corrected chi connectivity index (χ4v) is 3.12. The summed E-state index contributed by atoms with van der Waals surface area (Å²) in [5, 5.41) is 0. The normalized spacial score (nSPS) is 25.5. The number of benzene rings is 1. The van der Waals surface area contributed by atoms with Crippen molar-refractivity contribution >= 4 is 0 Å². The quantitative estimate of drug-likeness (QED) is 0.826. The summed E-state index contributed by atoms with van der Waals surface area (Å²) < 4.78 is 38.0.